The van der Waals surface area contributed by atoms with Crippen LogP contribution >= 0.6 is 0 Å². The van der Waals surface area contributed by atoms with Crippen molar-refractivity contribution in [3.63, 3.8) is 0 Å². The first-order valence-corrected chi connectivity index (χ1v) is 6.37. The monoisotopic (exact) mass is 284 g/mol. The van der Waals surface area contributed by atoms with Crippen LogP contribution < -0.4 is 9.47 Å². The minimum Gasteiger partial charge on any atom is -0.497 e. The van der Waals surface area contributed by atoms with Crippen LogP contribution in [-0.4, -0.2) is 25.3 Å². The lowest BCUT2D eigenvalue weighted by Gasteiger charge is -2.06. The molecule has 0 bridgehead atoms. The topological polar surface area (TPSA) is 55.8 Å². The van der Waals surface area contributed by atoms with Crippen molar-refractivity contribution in [1.82, 2.24) is 0 Å². The van der Waals surface area contributed by atoms with Crippen LogP contribution in [0.3, 0.4) is 0 Å². The van der Waals surface area contributed by atoms with Gasteiger partial charge in [0.15, 0.2) is 0 Å². The standard InChI is InChI=1S/C17H16O4/c1-20-14-7-3-5-12(9-14)10-16(17(18)19)13-6-4-8-15(11-13)21-2/h3-11H,1-2H3,(H,18,19)/b16-10+. The lowest BCUT2D eigenvalue weighted by atomic mass is 10.0. The largest absolute Gasteiger partial charge is 0.497 e. The zero-order valence-corrected chi connectivity index (χ0v) is 11.9. The second-order valence-electron chi connectivity index (χ2n) is 4.37. The molecular weight excluding hydrogens is 268 g/mol. The third-order valence-corrected chi connectivity index (χ3v) is 3.02. The zero-order chi connectivity index (χ0) is 15.2. The summed E-state index contributed by atoms with van der Waals surface area (Å²) in [5, 5.41) is 9.44. The number of carboxylic acid groups (broad SMARTS) is 1. The molecule has 0 aromatic heterocycles. The molecule has 1 N–H and O–H groups in total. The van der Waals surface area contributed by atoms with Gasteiger partial charge in [-0.1, -0.05) is 24.3 Å². The van der Waals surface area contributed by atoms with Crippen molar-refractivity contribution in [3.05, 3.63) is 59.7 Å². The van der Waals surface area contributed by atoms with Crippen LogP contribution in [0.4, 0.5) is 0 Å². The van der Waals surface area contributed by atoms with Crippen LogP contribution in [0.1, 0.15) is 11.1 Å². The molecule has 0 aliphatic rings. The molecule has 4 nitrogen and oxygen atoms in total. The van der Waals surface area contributed by atoms with E-state index in [1.54, 1.807) is 50.6 Å². The van der Waals surface area contributed by atoms with E-state index in [1.807, 2.05) is 18.2 Å². The van der Waals surface area contributed by atoms with E-state index in [9.17, 15) is 9.90 Å². The van der Waals surface area contributed by atoms with Crippen LogP contribution in [0.25, 0.3) is 11.6 Å². The summed E-state index contributed by atoms with van der Waals surface area (Å²) in [6.07, 6.45) is 1.61. The molecule has 0 aliphatic heterocycles. The third kappa shape index (κ3) is 3.63. The SMILES string of the molecule is COc1cccc(/C=C(/C(=O)O)c2cccc(OC)c2)c1. The normalized spacial score (nSPS) is 11.0. The molecule has 0 unspecified atom stereocenters. The van der Waals surface area contributed by atoms with E-state index in [4.69, 9.17) is 9.47 Å². The molecule has 0 fully saturated rings. The van der Waals surface area contributed by atoms with Crippen molar-refractivity contribution in [2.45, 2.75) is 0 Å². The van der Waals surface area contributed by atoms with Crippen molar-refractivity contribution in [1.29, 1.82) is 0 Å². The highest BCUT2D eigenvalue weighted by Crippen LogP contribution is 2.24. The van der Waals surface area contributed by atoms with Crippen LogP contribution in [0.15, 0.2) is 48.5 Å². The third-order valence-electron chi connectivity index (χ3n) is 3.02. The fourth-order valence-corrected chi connectivity index (χ4v) is 1.96. The summed E-state index contributed by atoms with van der Waals surface area (Å²) in [6.45, 7) is 0. The predicted molar refractivity (Wildman–Crippen MR) is 81.5 cm³/mol. The van der Waals surface area contributed by atoms with Gasteiger partial charge in [-0.05, 0) is 41.5 Å². The van der Waals surface area contributed by atoms with E-state index in [1.165, 1.54) is 0 Å². The van der Waals surface area contributed by atoms with E-state index in [-0.39, 0.29) is 5.57 Å². The number of carboxylic acids is 1. The van der Waals surface area contributed by atoms with E-state index in [0.717, 1.165) is 5.56 Å². The molecule has 0 amide bonds. The van der Waals surface area contributed by atoms with Crippen LogP contribution in [-0.2, 0) is 4.79 Å². The maximum Gasteiger partial charge on any atom is 0.336 e. The molecule has 21 heavy (non-hydrogen) atoms. The van der Waals surface area contributed by atoms with Gasteiger partial charge in [-0.3, -0.25) is 0 Å². The van der Waals surface area contributed by atoms with Gasteiger partial charge in [0.1, 0.15) is 11.5 Å². The fraction of sp³-hybridized carbons (Fsp3) is 0.118. The number of benzene rings is 2. The molecule has 0 radical (unpaired) electrons. The van der Waals surface area contributed by atoms with Crippen molar-refractivity contribution in [2.24, 2.45) is 0 Å². The minimum atomic E-state index is -0.994. The number of carbonyl (C=O) groups is 1. The molecule has 4 heteroatoms. The molecule has 0 heterocycles. The number of ether oxygens (including phenoxy) is 2. The van der Waals surface area contributed by atoms with Crippen molar-refractivity contribution >= 4 is 17.6 Å². The smallest absolute Gasteiger partial charge is 0.336 e. The van der Waals surface area contributed by atoms with Crippen LogP contribution in [0.2, 0.25) is 0 Å². The molecule has 2 rings (SSSR count). The molecule has 108 valence electrons. The second kappa shape index (κ2) is 6.61. The Morgan fingerprint density at radius 2 is 1.62 bits per heavy atom. The summed E-state index contributed by atoms with van der Waals surface area (Å²) < 4.78 is 10.3. The summed E-state index contributed by atoms with van der Waals surface area (Å²) in [6, 6.07) is 14.2. The van der Waals surface area contributed by atoms with Crippen LogP contribution in [0, 0.1) is 0 Å². The Labute approximate surface area is 123 Å². The van der Waals surface area contributed by atoms with Crippen molar-refractivity contribution in [2.75, 3.05) is 14.2 Å². The predicted octanol–water partition coefficient (Wildman–Crippen LogP) is 3.33. The molecule has 0 saturated carbocycles. The average molecular weight is 284 g/mol. The Kier molecular flexibility index (Phi) is 4.61. The Balaban J connectivity index is 2.46. The van der Waals surface area contributed by atoms with Gasteiger partial charge in [0.2, 0.25) is 0 Å². The maximum atomic E-state index is 11.5. The molecule has 0 saturated heterocycles. The molecule has 0 aliphatic carbocycles. The summed E-state index contributed by atoms with van der Waals surface area (Å²) in [4.78, 5) is 11.5. The number of aliphatic carboxylic acids is 1. The van der Waals surface area contributed by atoms with Gasteiger partial charge < -0.3 is 14.6 Å². The number of rotatable bonds is 5. The quantitative estimate of drug-likeness (QED) is 0.676. The van der Waals surface area contributed by atoms with Gasteiger partial charge in [0, 0.05) is 0 Å². The number of hydrogen-bond acceptors (Lipinski definition) is 3. The first-order chi connectivity index (χ1) is 10.1. The molecule has 2 aromatic carbocycles. The number of hydrogen-bond donors (Lipinski definition) is 1. The molecule has 0 atom stereocenters. The Morgan fingerprint density at radius 3 is 2.24 bits per heavy atom. The maximum absolute atomic E-state index is 11.5. The Bertz CT molecular complexity index is 674. The van der Waals surface area contributed by atoms with Gasteiger partial charge in [-0.15, -0.1) is 0 Å². The lowest BCUT2D eigenvalue weighted by Crippen LogP contribution is -2.00. The first kappa shape index (κ1) is 14.7. The minimum absolute atomic E-state index is 0.196. The van der Waals surface area contributed by atoms with Gasteiger partial charge in [0.25, 0.3) is 0 Å². The van der Waals surface area contributed by atoms with E-state index >= 15 is 0 Å². The summed E-state index contributed by atoms with van der Waals surface area (Å²) in [7, 11) is 3.12. The highest BCUT2D eigenvalue weighted by atomic mass is 16.5. The van der Waals surface area contributed by atoms with Crippen molar-refractivity contribution in [3.8, 4) is 11.5 Å². The Hall–Kier alpha value is -2.75. The molecular formula is C17H16O4. The van der Waals surface area contributed by atoms with Gasteiger partial charge in [0.05, 0.1) is 19.8 Å². The number of methoxy groups -OCH3 is 2. The average Bonchev–Trinajstić information content (AvgIpc) is 2.52. The lowest BCUT2D eigenvalue weighted by molar-refractivity contribution is -0.130. The van der Waals surface area contributed by atoms with Gasteiger partial charge in [-0.2, -0.15) is 0 Å². The zero-order valence-electron chi connectivity index (χ0n) is 11.9. The van der Waals surface area contributed by atoms with Crippen LogP contribution in [0.5, 0.6) is 11.5 Å². The summed E-state index contributed by atoms with van der Waals surface area (Å²) in [5.74, 6) is 0.301. The summed E-state index contributed by atoms with van der Waals surface area (Å²) in [5.41, 5.74) is 1.54. The second-order valence-corrected chi connectivity index (χ2v) is 4.37. The van der Waals surface area contributed by atoms with Gasteiger partial charge >= 0.3 is 5.97 Å². The van der Waals surface area contributed by atoms with Crippen molar-refractivity contribution < 1.29 is 19.4 Å². The molecule has 0 spiro atoms. The highest BCUT2D eigenvalue weighted by molar-refractivity contribution is 6.20. The fourth-order valence-electron chi connectivity index (χ4n) is 1.96. The van der Waals surface area contributed by atoms with E-state index < -0.39 is 5.97 Å². The summed E-state index contributed by atoms with van der Waals surface area (Å²) >= 11 is 0. The highest BCUT2D eigenvalue weighted by Gasteiger charge is 2.11. The first-order valence-electron chi connectivity index (χ1n) is 6.37. The Morgan fingerprint density at radius 1 is 1.00 bits per heavy atom. The van der Waals surface area contributed by atoms with Gasteiger partial charge in [-0.25, -0.2) is 4.79 Å². The van der Waals surface area contributed by atoms with E-state index in [2.05, 4.69) is 0 Å². The van der Waals surface area contributed by atoms with E-state index in [0.29, 0.717) is 17.1 Å². The molecule has 2 aromatic rings.